The summed E-state index contributed by atoms with van der Waals surface area (Å²) in [6.45, 7) is 1.90. The summed E-state index contributed by atoms with van der Waals surface area (Å²) >= 11 is 0. The van der Waals surface area contributed by atoms with E-state index in [1.54, 1.807) is 17.9 Å². The van der Waals surface area contributed by atoms with Gasteiger partial charge in [-0.05, 0) is 64.0 Å². The molecule has 182 valence electrons. The quantitative estimate of drug-likeness (QED) is 0.461. The predicted molar refractivity (Wildman–Crippen MR) is 126 cm³/mol. The van der Waals surface area contributed by atoms with E-state index in [1.165, 1.54) is 4.90 Å². The van der Waals surface area contributed by atoms with E-state index in [-0.39, 0.29) is 18.1 Å². The van der Waals surface area contributed by atoms with Crippen molar-refractivity contribution in [3.05, 3.63) is 47.7 Å². The third-order valence-electron chi connectivity index (χ3n) is 6.80. The average molecular weight is 468 g/mol. The van der Waals surface area contributed by atoms with Gasteiger partial charge >= 0.3 is 0 Å². The fraction of sp³-hybridized carbons (Fsp3) is 0.520. The van der Waals surface area contributed by atoms with Crippen LogP contribution in [0.4, 0.5) is 0 Å². The van der Waals surface area contributed by atoms with E-state index in [2.05, 4.69) is 10.4 Å². The molecule has 2 aliphatic rings. The molecular formula is C25H33N5O4. The molecule has 2 atom stereocenters. The summed E-state index contributed by atoms with van der Waals surface area (Å²) < 4.78 is 7.75. The largest absolute Gasteiger partial charge is 0.473 e. The zero-order chi connectivity index (χ0) is 24.2. The molecule has 2 saturated carbocycles. The van der Waals surface area contributed by atoms with Crippen LogP contribution in [0.1, 0.15) is 61.0 Å². The van der Waals surface area contributed by atoms with E-state index in [1.807, 2.05) is 37.3 Å². The SMILES string of the molecule is CNC(Cc1ccccc1)C(=O)N(C=O)[C@@H](C)CC1CC(Oc2nn(C3CC3)cc2C(N)=O)C1. The van der Waals surface area contributed by atoms with Crippen molar-refractivity contribution in [3.63, 3.8) is 0 Å². The van der Waals surface area contributed by atoms with Crippen molar-refractivity contribution in [1.29, 1.82) is 0 Å². The molecule has 0 saturated heterocycles. The normalized spacial score (nSPS) is 21.2. The van der Waals surface area contributed by atoms with Crippen molar-refractivity contribution in [2.45, 2.75) is 69.7 Å². The van der Waals surface area contributed by atoms with Gasteiger partial charge in [0.15, 0.2) is 0 Å². The first kappa shape index (κ1) is 23.9. The van der Waals surface area contributed by atoms with Gasteiger partial charge in [0.1, 0.15) is 11.7 Å². The van der Waals surface area contributed by atoms with Gasteiger partial charge in [-0.1, -0.05) is 30.3 Å². The molecule has 0 aliphatic heterocycles. The average Bonchev–Trinajstić information content (AvgIpc) is 3.56. The fourth-order valence-corrected chi connectivity index (χ4v) is 4.59. The van der Waals surface area contributed by atoms with Crippen molar-refractivity contribution < 1.29 is 19.1 Å². The first-order valence-electron chi connectivity index (χ1n) is 11.9. The Morgan fingerprint density at radius 1 is 1.29 bits per heavy atom. The Morgan fingerprint density at radius 2 is 2.00 bits per heavy atom. The van der Waals surface area contributed by atoms with Gasteiger partial charge in [-0.2, -0.15) is 0 Å². The fourth-order valence-electron chi connectivity index (χ4n) is 4.59. The molecule has 2 aromatic rings. The first-order valence-corrected chi connectivity index (χ1v) is 11.9. The van der Waals surface area contributed by atoms with Gasteiger partial charge in [-0.25, -0.2) is 0 Å². The van der Waals surface area contributed by atoms with Gasteiger partial charge in [0.25, 0.3) is 5.91 Å². The molecule has 34 heavy (non-hydrogen) atoms. The minimum absolute atomic E-state index is 0.0543. The second-order valence-corrected chi connectivity index (χ2v) is 9.47. The number of nitrogens with two attached hydrogens (primary N) is 1. The Hall–Kier alpha value is -3.20. The number of carbonyl (C=O) groups is 3. The van der Waals surface area contributed by atoms with Crippen LogP contribution in [-0.4, -0.2) is 58.1 Å². The second-order valence-electron chi connectivity index (χ2n) is 9.47. The Bertz CT molecular complexity index is 1010. The number of aromatic nitrogens is 2. The number of hydrogen-bond acceptors (Lipinski definition) is 6. The summed E-state index contributed by atoms with van der Waals surface area (Å²) in [5, 5.41) is 7.46. The summed E-state index contributed by atoms with van der Waals surface area (Å²) in [5.74, 6) is -0.142. The third-order valence-corrected chi connectivity index (χ3v) is 6.80. The van der Waals surface area contributed by atoms with E-state index in [9.17, 15) is 14.4 Å². The van der Waals surface area contributed by atoms with Crippen LogP contribution in [0, 0.1) is 5.92 Å². The summed E-state index contributed by atoms with van der Waals surface area (Å²) in [6.07, 6.45) is 7.13. The Kier molecular flexibility index (Phi) is 7.31. The molecule has 9 nitrogen and oxygen atoms in total. The lowest BCUT2D eigenvalue weighted by molar-refractivity contribution is -0.142. The van der Waals surface area contributed by atoms with Crippen LogP contribution in [0.3, 0.4) is 0 Å². The molecule has 3 amide bonds. The van der Waals surface area contributed by atoms with Gasteiger partial charge in [-0.15, -0.1) is 5.10 Å². The van der Waals surface area contributed by atoms with Crippen molar-refractivity contribution in [3.8, 4) is 5.88 Å². The molecule has 3 N–H and O–H groups in total. The van der Waals surface area contributed by atoms with Gasteiger partial charge in [0.2, 0.25) is 18.2 Å². The van der Waals surface area contributed by atoms with E-state index in [0.717, 1.165) is 31.2 Å². The highest BCUT2D eigenvalue weighted by Gasteiger charge is 2.36. The molecule has 1 aromatic carbocycles. The zero-order valence-corrected chi connectivity index (χ0v) is 19.7. The van der Waals surface area contributed by atoms with Crippen LogP contribution in [-0.2, 0) is 16.0 Å². The lowest BCUT2D eigenvalue weighted by Gasteiger charge is -2.38. The van der Waals surface area contributed by atoms with Crippen molar-refractivity contribution in [1.82, 2.24) is 20.0 Å². The third kappa shape index (κ3) is 5.47. The topological polar surface area (TPSA) is 120 Å². The standard InChI is InChI=1S/C25H33N5O4/c1-16(29(15-31)25(33)22(27-2)13-17-6-4-3-5-7-17)10-18-11-20(12-18)34-24-21(23(26)32)14-30(28-24)19-8-9-19/h3-7,14-16,18-20,22,27H,8-13H2,1-2H3,(H2,26,32)/t16-,18?,20?,22?/m0/s1. The second kappa shape index (κ2) is 10.4. The lowest BCUT2D eigenvalue weighted by Crippen LogP contribution is -2.50. The first-order chi connectivity index (χ1) is 16.4. The molecule has 1 aromatic heterocycles. The Labute approximate surface area is 199 Å². The van der Waals surface area contributed by atoms with E-state index in [0.29, 0.717) is 42.7 Å². The van der Waals surface area contributed by atoms with Gasteiger partial charge in [-0.3, -0.25) is 24.0 Å². The number of primary amides is 1. The smallest absolute Gasteiger partial charge is 0.255 e. The Balaban J connectivity index is 1.29. The molecule has 4 rings (SSSR count). The summed E-state index contributed by atoms with van der Waals surface area (Å²) in [5.41, 5.74) is 6.84. The number of hydrogen-bond donors (Lipinski definition) is 2. The molecule has 1 unspecified atom stereocenters. The number of nitrogens with zero attached hydrogens (tertiary/aromatic N) is 3. The Morgan fingerprint density at radius 3 is 2.59 bits per heavy atom. The number of ether oxygens (including phenoxy) is 1. The minimum Gasteiger partial charge on any atom is -0.473 e. The van der Waals surface area contributed by atoms with Crippen LogP contribution >= 0.6 is 0 Å². The predicted octanol–water partition coefficient (Wildman–Crippen LogP) is 2.07. The molecule has 0 spiro atoms. The van der Waals surface area contributed by atoms with Crippen LogP contribution in [0.25, 0.3) is 0 Å². The lowest BCUT2D eigenvalue weighted by atomic mass is 9.78. The van der Waals surface area contributed by atoms with E-state index < -0.39 is 11.9 Å². The van der Waals surface area contributed by atoms with Crippen LogP contribution < -0.4 is 15.8 Å². The number of imide groups is 1. The summed E-state index contributed by atoms with van der Waals surface area (Å²) in [4.78, 5) is 37.9. The maximum atomic E-state index is 13.1. The number of benzene rings is 1. The highest BCUT2D eigenvalue weighted by atomic mass is 16.5. The molecular weight excluding hydrogens is 434 g/mol. The molecule has 9 heteroatoms. The molecule has 1 heterocycles. The highest BCUT2D eigenvalue weighted by molar-refractivity contribution is 5.94. The van der Waals surface area contributed by atoms with Gasteiger partial charge < -0.3 is 15.8 Å². The monoisotopic (exact) mass is 467 g/mol. The summed E-state index contributed by atoms with van der Waals surface area (Å²) in [6, 6.07) is 9.38. The van der Waals surface area contributed by atoms with Crippen LogP contribution in [0.2, 0.25) is 0 Å². The van der Waals surface area contributed by atoms with Crippen molar-refractivity contribution >= 4 is 18.2 Å². The maximum Gasteiger partial charge on any atom is 0.255 e. The number of nitrogens with one attached hydrogen (secondary N) is 1. The number of rotatable bonds is 12. The van der Waals surface area contributed by atoms with Crippen LogP contribution in [0.5, 0.6) is 5.88 Å². The van der Waals surface area contributed by atoms with Gasteiger partial charge in [0, 0.05) is 12.2 Å². The maximum absolute atomic E-state index is 13.1. The number of likely N-dealkylation sites (N-methyl/N-ethyl adjacent to an activating group) is 1. The highest BCUT2D eigenvalue weighted by Crippen LogP contribution is 2.38. The summed E-state index contributed by atoms with van der Waals surface area (Å²) in [7, 11) is 1.73. The number of carbonyl (C=O) groups excluding carboxylic acids is 3. The molecule has 2 fully saturated rings. The van der Waals surface area contributed by atoms with E-state index in [4.69, 9.17) is 10.5 Å². The molecule has 2 aliphatic carbocycles. The minimum atomic E-state index is -0.541. The molecule has 0 bridgehead atoms. The molecule has 0 radical (unpaired) electrons. The zero-order valence-electron chi connectivity index (χ0n) is 19.7. The van der Waals surface area contributed by atoms with E-state index >= 15 is 0 Å². The van der Waals surface area contributed by atoms with Crippen molar-refractivity contribution in [2.24, 2.45) is 11.7 Å². The van der Waals surface area contributed by atoms with Crippen LogP contribution in [0.15, 0.2) is 36.5 Å². The van der Waals surface area contributed by atoms with Gasteiger partial charge in [0.05, 0.1) is 12.1 Å². The van der Waals surface area contributed by atoms with Crippen molar-refractivity contribution in [2.75, 3.05) is 7.05 Å². The number of amides is 3.